The first-order chi connectivity index (χ1) is 12.0. The second-order valence-electron chi connectivity index (χ2n) is 6.91. The van der Waals surface area contributed by atoms with Crippen LogP contribution in [-0.4, -0.2) is 14.0 Å². The number of hydrogen-bond donors (Lipinski definition) is 0. The molecule has 0 amide bonds. The maximum Gasteiger partial charge on any atom is 0.135 e. The lowest BCUT2D eigenvalue weighted by Crippen LogP contribution is -2.26. The Bertz CT molecular complexity index is 1050. The van der Waals surface area contributed by atoms with Gasteiger partial charge >= 0.3 is 0 Å². The molecule has 0 spiro atoms. The van der Waals surface area contributed by atoms with Crippen molar-refractivity contribution in [1.82, 2.24) is 0 Å². The van der Waals surface area contributed by atoms with Crippen molar-refractivity contribution in [3.05, 3.63) is 71.8 Å². The van der Waals surface area contributed by atoms with Gasteiger partial charge in [-0.2, -0.15) is 0 Å². The molecule has 2 unspecified atom stereocenters. The van der Waals surface area contributed by atoms with Crippen molar-refractivity contribution in [3.8, 4) is 22.6 Å². The molecular weight excluding hydrogens is 307 g/mol. The van der Waals surface area contributed by atoms with Crippen molar-refractivity contribution >= 4 is 18.6 Å². The van der Waals surface area contributed by atoms with E-state index >= 15 is 0 Å². The average Bonchev–Trinajstić information content (AvgIpc) is 2.88. The van der Waals surface area contributed by atoms with E-state index in [0.717, 1.165) is 33.6 Å². The van der Waals surface area contributed by atoms with Gasteiger partial charge in [0.2, 0.25) is 0 Å². The molecule has 0 bridgehead atoms. The number of fused-ring (bicyclic) bond motifs is 2. The summed E-state index contributed by atoms with van der Waals surface area (Å²) in [6.45, 7) is 4.08. The van der Waals surface area contributed by atoms with Crippen LogP contribution in [0.5, 0.6) is 11.5 Å². The molecule has 0 aliphatic carbocycles. The second-order valence-corrected chi connectivity index (χ2v) is 6.91. The summed E-state index contributed by atoms with van der Waals surface area (Å²) in [5.74, 6) is 1.75. The molecular formula is C22H17BO2. The highest BCUT2D eigenvalue weighted by Crippen LogP contribution is 2.48. The van der Waals surface area contributed by atoms with Gasteiger partial charge in [-0.15, -0.1) is 0 Å². The van der Waals surface area contributed by atoms with E-state index in [0.29, 0.717) is 0 Å². The third-order valence-electron chi connectivity index (χ3n) is 5.26. The zero-order chi connectivity index (χ0) is 17.2. The van der Waals surface area contributed by atoms with Crippen LogP contribution in [0.25, 0.3) is 21.9 Å². The van der Waals surface area contributed by atoms with Gasteiger partial charge in [0.1, 0.15) is 19.3 Å². The molecule has 3 heteroatoms. The molecule has 25 heavy (non-hydrogen) atoms. The quantitative estimate of drug-likeness (QED) is 0.349. The fourth-order valence-corrected chi connectivity index (χ4v) is 3.83. The van der Waals surface area contributed by atoms with Gasteiger partial charge in [-0.1, -0.05) is 42.5 Å². The topological polar surface area (TPSA) is 18.5 Å². The highest BCUT2D eigenvalue weighted by molar-refractivity contribution is 6.17. The molecule has 0 saturated heterocycles. The number of benzene rings is 3. The summed E-state index contributed by atoms with van der Waals surface area (Å²) in [6.07, 6.45) is 2.04. The van der Waals surface area contributed by atoms with E-state index in [1.54, 1.807) is 0 Å². The average molecular weight is 324 g/mol. The molecule has 2 radical (unpaired) electrons. The SMILES string of the molecule is [B]C1(c2ccc3c(c2)-c2cccc4cccc(c24)O3)C=C(C)C(C)O1. The number of rotatable bonds is 1. The molecule has 3 aromatic carbocycles. The Hall–Kier alpha value is -2.52. The Kier molecular flexibility index (Phi) is 2.96. The van der Waals surface area contributed by atoms with Gasteiger partial charge in [0, 0.05) is 10.9 Å². The molecule has 0 aromatic heterocycles. The zero-order valence-corrected chi connectivity index (χ0v) is 14.2. The molecule has 2 atom stereocenters. The summed E-state index contributed by atoms with van der Waals surface area (Å²) in [7, 11) is 6.55. The summed E-state index contributed by atoms with van der Waals surface area (Å²) >= 11 is 0. The van der Waals surface area contributed by atoms with E-state index in [4.69, 9.17) is 17.3 Å². The molecule has 0 N–H and O–H groups in total. The Balaban J connectivity index is 1.72. The smallest absolute Gasteiger partial charge is 0.135 e. The van der Waals surface area contributed by atoms with Crippen LogP contribution in [0.1, 0.15) is 19.4 Å². The monoisotopic (exact) mass is 324 g/mol. The fourth-order valence-electron chi connectivity index (χ4n) is 3.83. The van der Waals surface area contributed by atoms with E-state index in [9.17, 15) is 0 Å². The maximum atomic E-state index is 6.55. The summed E-state index contributed by atoms with van der Waals surface area (Å²) in [6, 6.07) is 18.6. The molecule has 2 nitrogen and oxygen atoms in total. The molecule has 120 valence electrons. The van der Waals surface area contributed by atoms with E-state index in [1.807, 2.05) is 37.3 Å². The molecule has 2 heterocycles. The minimum atomic E-state index is -0.886. The highest BCUT2D eigenvalue weighted by atomic mass is 16.5. The van der Waals surface area contributed by atoms with Crippen LogP contribution in [0.4, 0.5) is 0 Å². The molecule has 2 aliphatic rings. The number of ether oxygens (including phenoxy) is 2. The standard InChI is InChI=1S/C22H17BO2/c1-13-12-22(23,25-14(13)2)16-9-10-19-18(11-16)17-7-3-5-15-6-4-8-20(24-19)21(15)17/h3-12,14H,1-2H3. The van der Waals surface area contributed by atoms with Crippen molar-refractivity contribution in [1.29, 1.82) is 0 Å². The molecule has 0 saturated carbocycles. The Morgan fingerprint density at radius 3 is 2.52 bits per heavy atom. The largest absolute Gasteiger partial charge is 0.456 e. The summed E-state index contributed by atoms with van der Waals surface area (Å²) in [4.78, 5) is 0. The summed E-state index contributed by atoms with van der Waals surface area (Å²) < 4.78 is 12.2. The van der Waals surface area contributed by atoms with Crippen molar-refractivity contribution in [2.45, 2.75) is 25.5 Å². The second kappa shape index (κ2) is 4.99. The van der Waals surface area contributed by atoms with Crippen LogP contribution >= 0.6 is 0 Å². The van der Waals surface area contributed by atoms with Gasteiger partial charge in [-0.05, 0) is 54.1 Å². The summed E-state index contributed by atoms with van der Waals surface area (Å²) in [5, 5.41) is 2.32. The van der Waals surface area contributed by atoms with Crippen LogP contribution in [0, 0.1) is 0 Å². The molecule has 0 fully saturated rings. The Labute approximate surface area is 148 Å². The van der Waals surface area contributed by atoms with Gasteiger partial charge in [-0.25, -0.2) is 0 Å². The van der Waals surface area contributed by atoms with Crippen molar-refractivity contribution in [3.63, 3.8) is 0 Å². The van der Waals surface area contributed by atoms with Crippen molar-refractivity contribution in [2.24, 2.45) is 0 Å². The van der Waals surface area contributed by atoms with Gasteiger partial charge in [-0.3, -0.25) is 0 Å². The van der Waals surface area contributed by atoms with E-state index < -0.39 is 5.50 Å². The molecule has 5 rings (SSSR count). The van der Waals surface area contributed by atoms with E-state index in [2.05, 4.69) is 37.3 Å². The van der Waals surface area contributed by atoms with Crippen molar-refractivity contribution < 1.29 is 9.47 Å². The maximum absolute atomic E-state index is 6.55. The highest BCUT2D eigenvalue weighted by Gasteiger charge is 2.34. The van der Waals surface area contributed by atoms with Gasteiger partial charge in [0.25, 0.3) is 0 Å². The van der Waals surface area contributed by atoms with Crippen LogP contribution in [0.15, 0.2) is 66.2 Å². The van der Waals surface area contributed by atoms with Gasteiger partial charge in [0.15, 0.2) is 0 Å². The first-order valence-corrected chi connectivity index (χ1v) is 8.56. The third-order valence-corrected chi connectivity index (χ3v) is 5.26. The first-order valence-electron chi connectivity index (χ1n) is 8.56. The minimum absolute atomic E-state index is 0.0291. The predicted molar refractivity (Wildman–Crippen MR) is 101 cm³/mol. The predicted octanol–water partition coefficient (Wildman–Crippen LogP) is 5.30. The van der Waals surface area contributed by atoms with Crippen molar-refractivity contribution in [2.75, 3.05) is 0 Å². The normalized spacial score (nSPS) is 23.9. The van der Waals surface area contributed by atoms with Crippen LogP contribution in [-0.2, 0) is 10.2 Å². The first kappa shape index (κ1) is 14.8. The van der Waals surface area contributed by atoms with E-state index in [1.165, 1.54) is 10.9 Å². The number of hydrogen-bond acceptors (Lipinski definition) is 2. The van der Waals surface area contributed by atoms with Crippen LogP contribution < -0.4 is 4.74 Å². The lowest BCUT2D eigenvalue weighted by atomic mass is 9.74. The fraction of sp³-hybridized carbons (Fsp3) is 0.182. The Morgan fingerprint density at radius 2 is 1.76 bits per heavy atom. The third kappa shape index (κ3) is 2.09. The van der Waals surface area contributed by atoms with Gasteiger partial charge < -0.3 is 9.47 Å². The van der Waals surface area contributed by atoms with E-state index in [-0.39, 0.29) is 6.10 Å². The summed E-state index contributed by atoms with van der Waals surface area (Å²) in [5.41, 5.74) is 3.44. The van der Waals surface area contributed by atoms with Crippen LogP contribution in [0.2, 0.25) is 0 Å². The lowest BCUT2D eigenvalue weighted by Gasteiger charge is -2.28. The van der Waals surface area contributed by atoms with Crippen LogP contribution in [0.3, 0.4) is 0 Å². The van der Waals surface area contributed by atoms with Gasteiger partial charge in [0.05, 0.1) is 11.6 Å². The zero-order valence-electron chi connectivity index (χ0n) is 14.2. The molecule has 3 aromatic rings. The Morgan fingerprint density at radius 1 is 0.960 bits per heavy atom. The lowest BCUT2D eigenvalue weighted by molar-refractivity contribution is 0.0362. The molecule has 2 aliphatic heterocycles. The minimum Gasteiger partial charge on any atom is -0.456 e.